The Balaban J connectivity index is 1.28. The van der Waals surface area contributed by atoms with Crippen molar-refractivity contribution in [3.05, 3.63) is 42.0 Å². The fraction of sp³-hybridized carbons (Fsp3) is 0.676. The van der Waals surface area contributed by atoms with E-state index in [1.165, 1.54) is 19.3 Å². The number of carbonyl (C=O) groups is 3. The minimum absolute atomic E-state index is 0.0724. The topological polar surface area (TPSA) is 91.0 Å². The first-order chi connectivity index (χ1) is 20.2. The van der Waals surface area contributed by atoms with Crippen molar-refractivity contribution < 1.29 is 19.1 Å². The van der Waals surface area contributed by atoms with E-state index in [0.717, 1.165) is 44.3 Å². The van der Waals surface area contributed by atoms with Gasteiger partial charge in [-0.2, -0.15) is 0 Å². The van der Waals surface area contributed by atoms with E-state index in [1.807, 2.05) is 43.3 Å². The highest BCUT2D eigenvalue weighted by Gasteiger charge is 2.72. The molecule has 42 heavy (non-hydrogen) atoms. The number of carbonyl (C=O) groups excluding carboxylic acids is 3. The second-order valence-electron chi connectivity index (χ2n) is 13.6. The van der Waals surface area contributed by atoms with Gasteiger partial charge in [0.15, 0.2) is 0 Å². The molecule has 1 aromatic rings. The number of likely N-dealkylation sites (tertiary alicyclic amines) is 2. The molecule has 0 radical (unpaired) electrons. The Morgan fingerprint density at radius 1 is 1.07 bits per heavy atom. The van der Waals surface area contributed by atoms with E-state index in [4.69, 9.17) is 4.74 Å². The Hall–Kier alpha value is -2.71. The molecule has 228 valence electrons. The standard InChI is InChI=1S/C34H48N4O4/c1-5-25-13-6-7-17-37(25)18-19-38-30(32(40)36-26-14-9-11-22(3)23(26)4)34-16-15-27(42-34)28(29(34)33(38)41)31(39)35-24-12-8-10-21(2)20-24/h8,10,12,15-16,20,22-23,25-30H,5-7,9,11,13-14,17-19H2,1-4H3,(H,35,39)(H,36,40)/t22?,23?,25?,26?,27-,28?,29-,30?,34?/m0/s1. The number of hydrogen-bond acceptors (Lipinski definition) is 5. The van der Waals surface area contributed by atoms with E-state index in [0.29, 0.717) is 30.1 Å². The van der Waals surface area contributed by atoms with Crippen molar-refractivity contribution in [2.75, 3.05) is 25.0 Å². The van der Waals surface area contributed by atoms with Crippen LogP contribution < -0.4 is 10.6 Å². The van der Waals surface area contributed by atoms with E-state index >= 15 is 0 Å². The van der Waals surface area contributed by atoms with Crippen molar-refractivity contribution in [1.29, 1.82) is 0 Å². The van der Waals surface area contributed by atoms with Crippen LogP contribution in [0.1, 0.15) is 71.3 Å². The van der Waals surface area contributed by atoms with Crippen LogP contribution in [0, 0.1) is 30.6 Å². The molecule has 1 aromatic carbocycles. The lowest BCUT2D eigenvalue weighted by Gasteiger charge is -2.39. The van der Waals surface area contributed by atoms with Crippen molar-refractivity contribution in [1.82, 2.24) is 15.1 Å². The highest BCUT2D eigenvalue weighted by molar-refractivity contribution is 6.02. The third-order valence-corrected chi connectivity index (χ3v) is 11.1. The first-order valence-electron chi connectivity index (χ1n) is 16.3. The monoisotopic (exact) mass is 576 g/mol. The number of rotatable bonds is 8. The van der Waals surface area contributed by atoms with E-state index in [2.05, 4.69) is 36.3 Å². The fourth-order valence-corrected chi connectivity index (χ4v) is 8.56. The number of nitrogens with zero attached hydrogens (tertiary/aromatic N) is 2. The molecule has 0 aromatic heterocycles. The number of ether oxygens (including phenoxy) is 1. The Morgan fingerprint density at radius 2 is 1.90 bits per heavy atom. The SMILES string of the molecule is CCC1CCCCN1CCN1C(=O)[C@@H]2C(C(=O)Nc3cccc(C)c3)[C@@H]3C=CC2(O3)C1C(=O)NC1CCCC(C)C1C. The average Bonchev–Trinajstić information content (AvgIpc) is 3.61. The van der Waals surface area contributed by atoms with Crippen LogP contribution in [0.5, 0.6) is 0 Å². The van der Waals surface area contributed by atoms with Gasteiger partial charge in [0.1, 0.15) is 11.6 Å². The minimum atomic E-state index is -1.13. The summed E-state index contributed by atoms with van der Waals surface area (Å²) in [6, 6.07) is 7.46. The van der Waals surface area contributed by atoms with Gasteiger partial charge in [-0.15, -0.1) is 0 Å². The van der Waals surface area contributed by atoms with Gasteiger partial charge >= 0.3 is 0 Å². The molecule has 7 unspecified atom stereocenters. The lowest BCUT2D eigenvalue weighted by Crippen LogP contribution is -2.58. The summed E-state index contributed by atoms with van der Waals surface area (Å²) in [7, 11) is 0. The van der Waals surface area contributed by atoms with Crippen molar-refractivity contribution in [2.24, 2.45) is 23.7 Å². The van der Waals surface area contributed by atoms with Gasteiger partial charge in [0.25, 0.3) is 0 Å². The highest BCUT2D eigenvalue weighted by atomic mass is 16.5. The zero-order valence-electron chi connectivity index (χ0n) is 25.7. The van der Waals surface area contributed by atoms with E-state index in [9.17, 15) is 14.4 Å². The second-order valence-corrected chi connectivity index (χ2v) is 13.6. The van der Waals surface area contributed by atoms with Crippen LogP contribution in [-0.4, -0.2) is 77.0 Å². The number of fused-ring (bicyclic) bond motifs is 1. The maximum atomic E-state index is 14.4. The molecule has 5 aliphatic rings. The molecular weight excluding hydrogens is 528 g/mol. The van der Waals surface area contributed by atoms with Gasteiger partial charge in [-0.3, -0.25) is 19.3 Å². The summed E-state index contributed by atoms with van der Waals surface area (Å²) in [6.45, 7) is 10.9. The Labute approximate surface area is 250 Å². The summed E-state index contributed by atoms with van der Waals surface area (Å²) in [6.07, 6.45) is 11.2. The van der Waals surface area contributed by atoms with Crippen LogP contribution in [0.3, 0.4) is 0 Å². The van der Waals surface area contributed by atoms with Crippen LogP contribution in [-0.2, 0) is 19.1 Å². The van der Waals surface area contributed by atoms with Crippen LogP contribution in [0.4, 0.5) is 5.69 Å². The summed E-state index contributed by atoms with van der Waals surface area (Å²) in [5.74, 6) is -1.02. The molecule has 4 heterocycles. The molecule has 6 rings (SSSR count). The van der Waals surface area contributed by atoms with Gasteiger partial charge in [-0.1, -0.05) is 64.3 Å². The number of piperidine rings is 1. The summed E-state index contributed by atoms with van der Waals surface area (Å²) in [5.41, 5.74) is 0.617. The van der Waals surface area contributed by atoms with Crippen molar-refractivity contribution in [2.45, 2.75) is 102 Å². The maximum Gasteiger partial charge on any atom is 0.246 e. The Bertz CT molecular complexity index is 1230. The summed E-state index contributed by atoms with van der Waals surface area (Å²) < 4.78 is 6.58. The summed E-state index contributed by atoms with van der Waals surface area (Å²) >= 11 is 0. The van der Waals surface area contributed by atoms with Crippen LogP contribution in [0.25, 0.3) is 0 Å². The zero-order chi connectivity index (χ0) is 29.6. The minimum Gasteiger partial charge on any atom is -0.359 e. The normalized spacial score (nSPS) is 37.6. The van der Waals surface area contributed by atoms with Crippen LogP contribution >= 0.6 is 0 Å². The number of anilines is 1. The lowest BCUT2D eigenvalue weighted by atomic mass is 9.73. The molecule has 1 aliphatic carbocycles. The molecule has 8 nitrogen and oxygen atoms in total. The zero-order valence-corrected chi connectivity index (χ0v) is 25.7. The van der Waals surface area contributed by atoms with Gasteiger partial charge in [-0.05, 0) is 68.7 Å². The third kappa shape index (κ3) is 5.08. The molecule has 9 atom stereocenters. The van der Waals surface area contributed by atoms with Gasteiger partial charge in [0.05, 0.1) is 17.9 Å². The molecule has 3 amide bonds. The molecule has 4 fully saturated rings. The van der Waals surface area contributed by atoms with Gasteiger partial charge in [0.2, 0.25) is 17.7 Å². The lowest BCUT2D eigenvalue weighted by molar-refractivity contribution is -0.142. The molecule has 3 saturated heterocycles. The first kappa shape index (κ1) is 29.4. The maximum absolute atomic E-state index is 14.4. The summed E-state index contributed by atoms with van der Waals surface area (Å²) in [4.78, 5) is 46.7. The summed E-state index contributed by atoms with van der Waals surface area (Å²) in [5, 5.41) is 6.41. The smallest absolute Gasteiger partial charge is 0.246 e. The molecule has 4 aliphatic heterocycles. The molecular formula is C34H48N4O4. The van der Waals surface area contributed by atoms with Gasteiger partial charge in [-0.25, -0.2) is 0 Å². The number of hydrogen-bond donors (Lipinski definition) is 2. The number of amides is 3. The fourth-order valence-electron chi connectivity index (χ4n) is 8.56. The number of aryl methyl sites for hydroxylation is 1. The molecule has 1 saturated carbocycles. The van der Waals surface area contributed by atoms with Crippen LogP contribution in [0.15, 0.2) is 36.4 Å². The third-order valence-electron chi connectivity index (χ3n) is 11.1. The second kappa shape index (κ2) is 11.8. The Morgan fingerprint density at radius 3 is 2.69 bits per heavy atom. The van der Waals surface area contributed by atoms with Crippen molar-refractivity contribution in [3.63, 3.8) is 0 Å². The van der Waals surface area contributed by atoms with Crippen molar-refractivity contribution >= 4 is 23.4 Å². The van der Waals surface area contributed by atoms with E-state index in [-0.39, 0.29) is 23.8 Å². The largest absolute Gasteiger partial charge is 0.359 e. The average molecular weight is 577 g/mol. The predicted molar refractivity (Wildman–Crippen MR) is 163 cm³/mol. The van der Waals surface area contributed by atoms with Crippen LogP contribution in [0.2, 0.25) is 0 Å². The van der Waals surface area contributed by atoms with Gasteiger partial charge in [0, 0.05) is 30.9 Å². The number of nitrogens with one attached hydrogen (secondary N) is 2. The molecule has 8 heteroatoms. The Kier molecular flexibility index (Phi) is 8.22. The van der Waals surface area contributed by atoms with E-state index in [1.54, 1.807) is 4.90 Å². The van der Waals surface area contributed by atoms with Gasteiger partial charge < -0.3 is 20.3 Å². The quantitative estimate of drug-likeness (QED) is 0.451. The molecule has 1 spiro atoms. The van der Waals surface area contributed by atoms with E-state index < -0.39 is 29.6 Å². The highest BCUT2D eigenvalue weighted by Crippen LogP contribution is 2.55. The predicted octanol–water partition coefficient (Wildman–Crippen LogP) is 4.29. The molecule has 2 N–H and O–H groups in total. The molecule has 2 bridgehead atoms. The van der Waals surface area contributed by atoms with Crippen molar-refractivity contribution in [3.8, 4) is 0 Å². The first-order valence-corrected chi connectivity index (χ1v) is 16.3. The number of benzene rings is 1.